The second kappa shape index (κ2) is 26.0. The molecule has 18 nitrogen and oxygen atoms in total. The summed E-state index contributed by atoms with van der Waals surface area (Å²) in [5, 5.41) is 69.1. The maximum Gasteiger partial charge on any atom is 0.309 e. The Bertz CT molecular complexity index is 2080. The first-order chi connectivity index (χ1) is 35.3. The zero-order chi connectivity index (χ0) is 55.3. The van der Waals surface area contributed by atoms with Crippen molar-refractivity contribution >= 4 is 5.97 Å². The fourth-order valence-corrected chi connectivity index (χ4v) is 13.0. The van der Waals surface area contributed by atoms with E-state index in [1.807, 2.05) is 56.8 Å². The number of halogens is 1. The fraction of sp³-hybridized carbons (Fsp3) is 0.839. The third-order valence-corrected chi connectivity index (χ3v) is 17.8. The number of carbonyl (C=O) groups excluding carboxylic acids is 1. The normalized spacial score (nSPS) is 40.4. The maximum absolute atomic E-state index is 14.9. The van der Waals surface area contributed by atoms with Gasteiger partial charge < -0.3 is 68.5 Å². The number of aliphatic hydroxyl groups excluding tert-OH is 3. The van der Waals surface area contributed by atoms with E-state index >= 15 is 0 Å². The number of cyclic esters (lactones) is 1. The molecule has 0 radical (unpaired) electrons. The molecule has 0 spiro atoms. The summed E-state index contributed by atoms with van der Waals surface area (Å²) in [5.74, 6) is -2.80. The number of methoxy groups -OCH3 is 2. The summed E-state index contributed by atoms with van der Waals surface area (Å²) in [7, 11) is 6.85. The van der Waals surface area contributed by atoms with Crippen LogP contribution in [0.5, 0.6) is 0 Å². The highest BCUT2D eigenvalue weighted by molar-refractivity contribution is 5.73. The van der Waals surface area contributed by atoms with Gasteiger partial charge in [0.25, 0.3) is 0 Å². The molecular formula is C56H94FN5O13. The molecule has 5 heterocycles. The quantitative estimate of drug-likeness (QED) is 0.145. The van der Waals surface area contributed by atoms with Crippen LogP contribution < -0.4 is 0 Å². The first-order valence-electron chi connectivity index (χ1n) is 27.6. The van der Waals surface area contributed by atoms with Crippen molar-refractivity contribution in [2.45, 2.75) is 216 Å². The van der Waals surface area contributed by atoms with Crippen molar-refractivity contribution in [1.82, 2.24) is 24.8 Å². The molecule has 428 valence electrons. The number of aromatic nitrogens is 3. The lowest BCUT2D eigenvalue weighted by molar-refractivity contribution is -0.302. The molecule has 20 atom stereocenters. The standard InChI is InChI=1S/C56H94FN5O13/c1-15-45-56(10,68)49(64)36(6)61(12)30-32(2)27-54(8,67)51(34(4)46(35(5)52(66)74-45)44-28-55(9,70-14)50(65)37(7)73-44)75-53-47(63)42(26-33(3)72-53)60(11)23-20-41-31-62(59-58-41)43(29-57)48(69-13)40-18-16-38(17-19-40)39-21-24-71-25-22-39/h16-19,31-37,39,42-51,53,63-65,67-68H,15,20-30H2,1-14H3/t32-,33-,34+,35-,36-,37+,42+,43-,44?,45-,46+,47-,48-,49-,50+,51-,53+,54-,55-,56-/m1/s1. The number of hydrogen-bond acceptors (Lipinski definition) is 17. The van der Waals surface area contributed by atoms with E-state index in [1.54, 1.807) is 54.8 Å². The highest BCUT2D eigenvalue weighted by atomic mass is 19.1. The van der Waals surface area contributed by atoms with Gasteiger partial charge in [0, 0.05) is 77.6 Å². The molecule has 19 heteroatoms. The molecule has 4 aliphatic heterocycles. The summed E-state index contributed by atoms with van der Waals surface area (Å²) >= 11 is 0. The van der Waals surface area contributed by atoms with Gasteiger partial charge >= 0.3 is 5.97 Å². The number of nitrogens with zero attached hydrogens (tertiary/aromatic N) is 5. The zero-order valence-electron chi connectivity index (χ0n) is 47.4. The molecule has 0 saturated carbocycles. The lowest BCUT2D eigenvalue weighted by Gasteiger charge is -2.51. The van der Waals surface area contributed by atoms with Crippen LogP contribution in [0, 0.1) is 23.7 Å². The van der Waals surface area contributed by atoms with E-state index < -0.39 is 120 Å². The number of carbonyl (C=O) groups is 1. The lowest BCUT2D eigenvalue weighted by Crippen LogP contribution is -2.62. The molecule has 4 fully saturated rings. The zero-order valence-corrected chi connectivity index (χ0v) is 47.4. The van der Waals surface area contributed by atoms with Gasteiger partial charge in [-0.2, -0.15) is 0 Å². The molecule has 0 aliphatic carbocycles. The Labute approximate surface area is 445 Å². The van der Waals surface area contributed by atoms with Crippen LogP contribution in [-0.4, -0.2) is 202 Å². The van der Waals surface area contributed by atoms with Crippen LogP contribution in [0.4, 0.5) is 4.39 Å². The van der Waals surface area contributed by atoms with E-state index in [0.29, 0.717) is 37.5 Å². The summed E-state index contributed by atoms with van der Waals surface area (Å²) in [6, 6.07) is 6.40. The SMILES string of the molecule is CC[C@H]1OC(=O)[C@H](C)[C@@H](C2C[C@@](C)(OC)[C@@H](O)[C@H](C)O2)[C@H](C)[C@@H](O[C@@H]2O[C@H](C)C[C@H](N(C)CCc3cn([C@H](CF)[C@H](OC)c4ccc(C5CCOCC5)cc4)nn3)[C@H]2O)[C@](C)(O)C[C@@H](C)CN(C)[C@H](C)[C@@H](O)[C@]1(C)O. The highest BCUT2D eigenvalue weighted by Crippen LogP contribution is 2.45. The molecule has 1 aromatic carbocycles. The number of esters is 1. The second-order valence-corrected chi connectivity index (χ2v) is 23.6. The number of rotatable bonds is 15. The van der Waals surface area contributed by atoms with Crippen LogP contribution in [0.2, 0.25) is 0 Å². The molecule has 2 aromatic rings. The van der Waals surface area contributed by atoms with Crippen LogP contribution >= 0.6 is 0 Å². The second-order valence-electron chi connectivity index (χ2n) is 23.6. The third kappa shape index (κ3) is 14.0. The van der Waals surface area contributed by atoms with Gasteiger partial charge in [-0.05, 0) is 117 Å². The van der Waals surface area contributed by atoms with Gasteiger partial charge in [0.15, 0.2) is 6.29 Å². The van der Waals surface area contributed by atoms with Crippen molar-refractivity contribution in [2.75, 3.05) is 61.3 Å². The van der Waals surface area contributed by atoms with E-state index in [-0.39, 0.29) is 31.3 Å². The predicted molar refractivity (Wildman–Crippen MR) is 279 cm³/mol. The van der Waals surface area contributed by atoms with Crippen molar-refractivity contribution < 1.29 is 67.9 Å². The number of likely N-dealkylation sites (N-methyl/N-ethyl adjacent to an activating group) is 2. The van der Waals surface area contributed by atoms with E-state index in [9.17, 15) is 34.7 Å². The monoisotopic (exact) mass is 1060 g/mol. The van der Waals surface area contributed by atoms with Crippen LogP contribution in [0.3, 0.4) is 0 Å². The molecule has 0 amide bonds. The minimum Gasteiger partial charge on any atom is -0.459 e. The average molecular weight is 1060 g/mol. The van der Waals surface area contributed by atoms with Crippen LogP contribution in [0.1, 0.15) is 143 Å². The number of hydrogen-bond donors (Lipinski definition) is 5. The van der Waals surface area contributed by atoms with E-state index in [4.69, 9.17) is 33.2 Å². The molecule has 1 aromatic heterocycles. The number of aliphatic hydroxyl groups is 5. The molecule has 6 rings (SSSR count). The van der Waals surface area contributed by atoms with Gasteiger partial charge in [-0.1, -0.05) is 57.2 Å². The van der Waals surface area contributed by atoms with E-state index in [1.165, 1.54) is 24.3 Å². The predicted octanol–water partition coefficient (Wildman–Crippen LogP) is 5.17. The third-order valence-electron chi connectivity index (χ3n) is 17.8. The fourth-order valence-electron chi connectivity index (χ4n) is 13.0. The minimum absolute atomic E-state index is 0.176. The minimum atomic E-state index is -1.83. The van der Waals surface area contributed by atoms with Gasteiger partial charge in [0.2, 0.25) is 0 Å². The topological polar surface area (TPSA) is 220 Å². The van der Waals surface area contributed by atoms with E-state index in [0.717, 1.165) is 31.6 Å². The molecule has 4 saturated heterocycles. The Hall–Kier alpha value is -2.76. The Morgan fingerprint density at radius 3 is 2.24 bits per heavy atom. The molecule has 5 N–H and O–H groups in total. The van der Waals surface area contributed by atoms with Crippen LogP contribution in [-0.2, 0) is 44.4 Å². The molecule has 1 unspecified atom stereocenters. The van der Waals surface area contributed by atoms with Gasteiger partial charge in [-0.3, -0.25) is 4.79 Å². The van der Waals surface area contributed by atoms with Crippen molar-refractivity contribution in [1.29, 1.82) is 0 Å². The Balaban J connectivity index is 1.26. The average Bonchev–Trinajstić information content (AvgIpc) is 3.85. The molecular weight excluding hydrogens is 970 g/mol. The molecule has 0 bridgehead atoms. The van der Waals surface area contributed by atoms with Gasteiger partial charge in [0.05, 0.1) is 47.2 Å². The van der Waals surface area contributed by atoms with Crippen LogP contribution in [0.15, 0.2) is 30.5 Å². The summed E-state index contributed by atoms with van der Waals surface area (Å²) in [4.78, 5) is 18.6. The smallest absolute Gasteiger partial charge is 0.309 e. The number of ether oxygens (including phenoxy) is 7. The maximum atomic E-state index is 14.9. The van der Waals surface area contributed by atoms with Crippen molar-refractivity contribution in [2.24, 2.45) is 23.7 Å². The number of benzene rings is 1. The van der Waals surface area contributed by atoms with E-state index in [2.05, 4.69) is 22.4 Å². The first kappa shape index (κ1) is 61.5. The van der Waals surface area contributed by atoms with Crippen LogP contribution in [0.25, 0.3) is 0 Å². The summed E-state index contributed by atoms with van der Waals surface area (Å²) in [6.07, 6.45) is -4.14. The van der Waals surface area contributed by atoms with Gasteiger partial charge in [0.1, 0.15) is 48.8 Å². The largest absolute Gasteiger partial charge is 0.459 e. The Morgan fingerprint density at radius 2 is 1.63 bits per heavy atom. The highest BCUT2D eigenvalue weighted by Gasteiger charge is 2.55. The molecule has 4 aliphatic rings. The summed E-state index contributed by atoms with van der Waals surface area (Å²) < 4.78 is 60.2. The number of alkyl halides is 1. The first-order valence-corrected chi connectivity index (χ1v) is 27.6. The Kier molecular flexibility index (Phi) is 21.3. The van der Waals surface area contributed by atoms with Crippen molar-refractivity contribution in [3.63, 3.8) is 0 Å². The summed E-state index contributed by atoms with van der Waals surface area (Å²) in [5.41, 5.74) is -1.79. The van der Waals surface area contributed by atoms with Gasteiger partial charge in [-0.15, -0.1) is 5.10 Å². The Morgan fingerprint density at radius 1 is 0.960 bits per heavy atom. The lowest BCUT2D eigenvalue weighted by atomic mass is 9.68. The molecule has 75 heavy (non-hydrogen) atoms. The van der Waals surface area contributed by atoms with Crippen molar-refractivity contribution in [3.05, 3.63) is 47.3 Å². The van der Waals surface area contributed by atoms with Crippen molar-refractivity contribution in [3.8, 4) is 0 Å². The van der Waals surface area contributed by atoms with Gasteiger partial charge in [-0.25, -0.2) is 9.07 Å². The summed E-state index contributed by atoms with van der Waals surface area (Å²) in [6.45, 7) is 19.5.